The fourth-order valence-corrected chi connectivity index (χ4v) is 4.04. The summed E-state index contributed by atoms with van der Waals surface area (Å²) in [6.07, 6.45) is 1.80. The quantitative estimate of drug-likeness (QED) is 0.787. The molecule has 1 heterocycles. The van der Waals surface area contributed by atoms with Gasteiger partial charge in [-0.1, -0.05) is 30.3 Å². The average Bonchev–Trinajstić information content (AvgIpc) is 2.70. The SMILES string of the molecule is O=C(OCc1ccccc1)N1CCCC(CS(=O)(=O)Cl)CC1. The second-order valence-corrected chi connectivity index (χ2v) is 8.35. The Balaban J connectivity index is 1.81. The lowest BCUT2D eigenvalue weighted by molar-refractivity contribution is 0.0971. The monoisotopic (exact) mass is 345 g/mol. The van der Waals surface area contributed by atoms with Crippen molar-refractivity contribution in [2.24, 2.45) is 5.92 Å². The molecule has 1 atom stereocenters. The number of benzene rings is 1. The zero-order valence-corrected chi connectivity index (χ0v) is 13.9. The zero-order chi connectivity index (χ0) is 16.0. The Morgan fingerprint density at radius 2 is 1.95 bits per heavy atom. The summed E-state index contributed by atoms with van der Waals surface area (Å²) in [6, 6.07) is 9.50. The van der Waals surface area contributed by atoms with Gasteiger partial charge in [-0.2, -0.15) is 0 Å². The summed E-state index contributed by atoms with van der Waals surface area (Å²) in [5.41, 5.74) is 0.941. The number of amides is 1. The summed E-state index contributed by atoms with van der Waals surface area (Å²) in [5, 5.41) is 0. The molecule has 0 bridgehead atoms. The molecule has 7 heteroatoms. The van der Waals surface area contributed by atoms with E-state index in [1.54, 1.807) is 4.90 Å². The Hall–Kier alpha value is -1.27. The van der Waals surface area contributed by atoms with Gasteiger partial charge >= 0.3 is 6.09 Å². The molecule has 0 saturated carbocycles. The minimum atomic E-state index is -3.49. The van der Waals surface area contributed by atoms with Crippen LogP contribution < -0.4 is 0 Å². The number of rotatable bonds is 4. The maximum Gasteiger partial charge on any atom is 0.410 e. The highest BCUT2D eigenvalue weighted by Crippen LogP contribution is 2.21. The fraction of sp³-hybridized carbons (Fsp3) is 0.533. The molecule has 0 N–H and O–H groups in total. The normalized spacial score (nSPS) is 19.5. The summed E-state index contributed by atoms with van der Waals surface area (Å²) < 4.78 is 27.6. The van der Waals surface area contributed by atoms with Crippen LogP contribution in [-0.2, 0) is 20.4 Å². The van der Waals surface area contributed by atoms with Crippen LogP contribution in [0.15, 0.2) is 30.3 Å². The standard InChI is InChI=1S/C15H20ClNO4S/c16-22(19,20)12-14-7-4-9-17(10-8-14)15(18)21-11-13-5-2-1-3-6-13/h1-3,5-6,14H,4,7-12H2. The van der Waals surface area contributed by atoms with Crippen LogP contribution in [0.5, 0.6) is 0 Å². The predicted molar refractivity (Wildman–Crippen MR) is 85.2 cm³/mol. The average molecular weight is 346 g/mol. The van der Waals surface area contributed by atoms with E-state index in [0.717, 1.165) is 18.4 Å². The minimum Gasteiger partial charge on any atom is -0.445 e. The largest absolute Gasteiger partial charge is 0.445 e. The molecule has 1 aliphatic rings. The van der Waals surface area contributed by atoms with Crippen molar-refractivity contribution in [1.29, 1.82) is 0 Å². The number of hydrogen-bond acceptors (Lipinski definition) is 4. The molecule has 2 rings (SSSR count). The number of hydrogen-bond donors (Lipinski definition) is 0. The number of nitrogens with zero attached hydrogens (tertiary/aromatic N) is 1. The van der Waals surface area contributed by atoms with Gasteiger partial charge in [-0.25, -0.2) is 13.2 Å². The van der Waals surface area contributed by atoms with Crippen LogP contribution in [0.2, 0.25) is 0 Å². The molecule has 1 saturated heterocycles. The van der Waals surface area contributed by atoms with E-state index in [0.29, 0.717) is 19.5 Å². The highest BCUT2D eigenvalue weighted by molar-refractivity contribution is 8.13. The summed E-state index contributed by atoms with van der Waals surface area (Å²) >= 11 is 0. The van der Waals surface area contributed by atoms with Crippen LogP contribution in [0.1, 0.15) is 24.8 Å². The molecule has 0 radical (unpaired) electrons. The Morgan fingerprint density at radius 1 is 1.23 bits per heavy atom. The molecule has 22 heavy (non-hydrogen) atoms. The lowest BCUT2D eigenvalue weighted by Gasteiger charge is -2.20. The third kappa shape index (κ3) is 5.85. The van der Waals surface area contributed by atoms with Crippen molar-refractivity contribution < 1.29 is 17.9 Å². The third-order valence-electron chi connectivity index (χ3n) is 3.75. The Morgan fingerprint density at radius 3 is 2.64 bits per heavy atom. The first-order chi connectivity index (χ1) is 10.4. The molecular formula is C15H20ClNO4S. The van der Waals surface area contributed by atoms with Crippen molar-refractivity contribution in [2.45, 2.75) is 25.9 Å². The van der Waals surface area contributed by atoms with Gasteiger partial charge in [0.05, 0.1) is 5.75 Å². The first-order valence-electron chi connectivity index (χ1n) is 7.32. The van der Waals surface area contributed by atoms with E-state index in [-0.39, 0.29) is 24.4 Å². The van der Waals surface area contributed by atoms with Crippen LogP contribution in [-0.4, -0.2) is 38.3 Å². The van der Waals surface area contributed by atoms with E-state index in [2.05, 4.69) is 0 Å². The van der Waals surface area contributed by atoms with Gasteiger partial charge < -0.3 is 9.64 Å². The number of carbonyl (C=O) groups is 1. The van der Waals surface area contributed by atoms with Gasteiger partial charge in [0.1, 0.15) is 6.61 Å². The third-order valence-corrected chi connectivity index (χ3v) is 4.99. The summed E-state index contributed by atoms with van der Waals surface area (Å²) in [7, 11) is 1.82. The summed E-state index contributed by atoms with van der Waals surface area (Å²) in [4.78, 5) is 13.7. The number of carbonyl (C=O) groups excluding carboxylic acids is 1. The molecule has 122 valence electrons. The maximum atomic E-state index is 12.1. The van der Waals surface area contributed by atoms with E-state index in [9.17, 15) is 13.2 Å². The fourth-order valence-electron chi connectivity index (χ4n) is 2.61. The molecule has 0 aliphatic carbocycles. The molecule has 1 amide bonds. The van der Waals surface area contributed by atoms with Crippen molar-refractivity contribution in [3.05, 3.63) is 35.9 Å². The van der Waals surface area contributed by atoms with Crippen molar-refractivity contribution in [3.8, 4) is 0 Å². The number of likely N-dealkylation sites (tertiary alicyclic amines) is 1. The van der Waals surface area contributed by atoms with E-state index in [1.807, 2.05) is 30.3 Å². The van der Waals surface area contributed by atoms with Gasteiger partial charge in [0, 0.05) is 23.8 Å². The molecular weight excluding hydrogens is 326 g/mol. The summed E-state index contributed by atoms with van der Waals surface area (Å²) in [6.45, 7) is 1.34. The smallest absolute Gasteiger partial charge is 0.410 e. The maximum absolute atomic E-state index is 12.1. The van der Waals surface area contributed by atoms with Crippen LogP contribution in [0, 0.1) is 5.92 Å². The van der Waals surface area contributed by atoms with Crippen molar-refractivity contribution >= 4 is 25.8 Å². The molecule has 1 aromatic rings. The van der Waals surface area contributed by atoms with Gasteiger partial charge in [-0.15, -0.1) is 0 Å². The Bertz CT molecular complexity index is 591. The highest BCUT2D eigenvalue weighted by atomic mass is 35.7. The van der Waals surface area contributed by atoms with Gasteiger partial charge in [0.15, 0.2) is 0 Å². The van der Waals surface area contributed by atoms with Gasteiger partial charge in [-0.05, 0) is 30.7 Å². The van der Waals surface area contributed by atoms with Gasteiger partial charge in [-0.3, -0.25) is 0 Å². The Kier molecular flexibility index (Phi) is 6.08. The number of ether oxygens (including phenoxy) is 1. The number of halogens is 1. The first kappa shape index (κ1) is 17.1. The van der Waals surface area contributed by atoms with Crippen molar-refractivity contribution in [3.63, 3.8) is 0 Å². The predicted octanol–water partition coefficient (Wildman–Crippen LogP) is 2.99. The lowest BCUT2D eigenvalue weighted by atomic mass is 10.0. The van der Waals surface area contributed by atoms with Crippen LogP contribution >= 0.6 is 10.7 Å². The molecule has 1 unspecified atom stereocenters. The van der Waals surface area contributed by atoms with Gasteiger partial charge in [0.25, 0.3) is 0 Å². The molecule has 1 fully saturated rings. The molecule has 0 aromatic heterocycles. The lowest BCUT2D eigenvalue weighted by Crippen LogP contribution is -2.32. The second kappa shape index (κ2) is 7.83. The molecule has 1 aliphatic heterocycles. The van der Waals surface area contributed by atoms with Crippen molar-refractivity contribution in [2.75, 3.05) is 18.8 Å². The summed E-state index contributed by atoms with van der Waals surface area (Å²) in [5.74, 6) is -0.0176. The van der Waals surface area contributed by atoms with E-state index in [4.69, 9.17) is 15.4 Å². The van der Waals surface area contributed by atoms with E-state index in [1.165, 1.54) is 0 Å². The van der Waals surface area contributed by atoms with Crippen LogP contribution in [0.25, 0.3) is 0 Å². The van der Waals surface area contributed by atoms with Gasteiger partial charge in [0.2, 0.25) is 9.05 Å². The highest BCUT2D eigenvalue weighted by Gasteiger charge is 2.24. The first-order valence-corrected chi connectivity index (χ1v) is 9.80. The topological polar surface area (TPSA) is 63.7 Å². The van der Waals surface area contributed by atoms with E-state index >= 15 is 0 Å². The second-order valence-electron chi connectivity index (χ2n) is 5.53. The molecule has 5 nitrogen and oxygen atoms in total. The molecule has 1 aromatic carbocycles. The van der Waals surface area contributed by atoms with E-state index < -0.39 is 9.05 Å². The van der Waals surface area contributed by atoms with Crippen molar-refractivity contribution in [1.82, 2.24) is 4.90 Å². The molecule has 0 spiro atoms. The minimum absolute atomic E-state index is 0.00873. The zero-order valence-electron chi connectivity index (χ0n) is 12.3. The van der Waals surface area contributed by atoms with Crippen LogP contribution in [0.3, 0.4) is 0 Å². The Labute approximate surface area is 135 Å². The van der Waals surface area contributed by atoms with Crippen LogP contribution in [0.4, 0.5) is 4.79 Å².